The van der Waals surface area contributed by atoms with E-state index >= 15 is 0 Å². The molecule has 2 amide bonds. The molecule has 0 saturated carbocycles. The van der Waals surface area contributed by atoms with E-state index < -0.39 is 33.1 Å². The normalized spacial score (nSPS) is 16.4. The summed E-state index contributed by atoms with van der Waals surface area (Å²) in [7, 11) is -3.44. The van der Waals surface area contributed by atoms with Crippen LogP contribution in [0.2, 0.25) is 0 Å². The molecule has 0 radical (unpaired) electrons. The Bertz CT molecular complexity index is 1330. The highest BCUT2D eigenvalue weighted by Crippen LogP contribution is 2.36. The van der Waals surface area contributed by atoms with Crippen LogP contribution in [0.3, 0.4) is 0 Å². The Kier molecular flexibility index (Phi) is 8.85. The van der Waals surface area contributed by atoms with Crippen molar-refractivity contribution in [3.63, 3.8) is 0 Å². The van der Waals surface area contributed by atoms with Gasteiger partial charge in [0.25, 0.3) is 5.91 Å². The van der Waals surface area contributed by atoms with Gasteiger partial charge in [-0.2, -0.15) is 0 Å². The van der Waals surface area contributed by atoms with E-state index in [-0.39, 0.29) is 10.6 Å². The fourth-order valence-corrected chi connectivity index (χ4v) is 7.36. The Morgan fingerprint density at radius 1 is 1.10 bits per heavy atom. The molecule has 0 saturated heterocycles. The summed E-state index contributed by atoms with van der Waals surface area (Å²) in [6.07, 6.45) is 7.93. The summed E-state index contributed by atoms with van der Waals surface area (Å²) in [4.78, 5) is 29.2. The zero-order valence-corrected chi connectivity index (χ0v) is 25.2. The largest absolute Gasteiger partial charge is 0.444 e. The molecule has 0 spiro atoms. The van der Waals surface area contributed by atoms with Gasteiger partial charge in [0.05, 0.1) is 12.6 Å². The van der Waals surface area contributed by atoms with Crippen LogP contribution >= 0.6 is 11.3 Å². The van der Waals surface area contributed by atoms with Crippen LogP contribution in [-0.2, 0) is 61.9 Å². The van der Waals surface area contributed by atoms with Crippen molar-refractivity contribution < 1.29 is 23.3 Å². The van der Waals surface area contributed by atoms with Crippen molar-refractivity contribution >= 4 is 33.3 Å². The molecule has 1 unspecified atom stereocenters. The lowest BCUT2D eigenvalue weighted by Gasteiger charge is -2.23. The third-order valence-corrected chi connectivity index (χ3v) is 10.1. The van der Waals surface area contributed by atoms with Crippen molar-refractivity contribution in [2.75, 3.05) is 13.2 Å². The highest BCUT2D eigenvalue weighted by molar-refractivity contribution is 7.93. The first-order valence-corrected chi connectivity index (χ1v) is 15.9. The maximum absolute atomic E-state index is 13.3. The van der Waals surface area contributed by atoms with Crippen LogP contribution in [0.5, 0.6) is 0 Å². The standard InChI is InChI=1S/C28H40N4O5S2/c1-27(2,3)37-26(34)30-13-8-14-36-28(4,5)25-31-17-24(38-25)39(29,35)32-23(33)16-22-20-11-6-9-18(20)15-19-10-7-12-21(19)22/h15,17H,6-14,16H2,1-5H3,(H,30,34)(H2,29,32,33,35). The van der Waals surface area contributed by atoms with Crippen molar-refractivity contribution in [3.05, 3.63) is 45.1 Å². The molecule has 2 aliphatic rings. The molecular weight excluding hydrogens is 536 g/mol. The van der Waals surface area contributed by atoms with Gasteiger partial charge in [-0.05, 0) is 107 Å². The third-order valence-electron chi connectivity index (χ3n) is 6.90. The van der Waals surface area contributed by atoms with Gasteiger partial charge in [-0.25, -0.2) is 19.1 Å². The minimum Gasteiger partial charge on any atom is -0.444 e. The smallest absolute Gasteiger partial charge is 0.407 e. The molecule has 2 aliphatic carbocycles. The number of benzene rings is 1. The highest BCUT2D eigenvalue weighted by atomic mass is 32.2. The summed E-state index contributed by atoms with van der Waals surface area (Å²) >= 11 is 1.14. The summed E-state index contributed by atoms with van der Waals surface area (Å²) in [6, 6.07) is 2.32. The molecule has 11 heteroatoms. The number of carbonyl (C=O) groups excluding carboxylic acids is 2. The average Bonchev–Trinajstić information content (AvgIpc) is 3.57. The lowest BCUT2D eigenvalue weighted by Crippen LogP contribution is -2.33. The van der Waals surface area contributed by atoms with Gasteiger partial charge in [-0.3, -0.25) is 4.79 Å². The first-order chi connectivity index (χ1) is 18.2. The number of nitrogens with one attached hydrogen (secondary N) is 1. The number of hydrogen-bond acceptors (Lipinski definition) is 7. The fourth-order valence-electron chi connectivity index (χ4n) is 5.17. The van der Waals surface area contributed by atoms with Gasteiger partial charge in [-0.1, -0.05) is 6.07 Å². The number of rotatable bonds is 9. The summed E-state index contributed by atoms with van der Waals surface area (Å²) < 4.78 is 28.8. The van der Waals surface area contributed by atoms with Crippen molar-refractivity contribution in [2.45, 2.75) is 101 Å². The zero-order chi connectivity index (χ0) is 28.4. The number of amides is 2. The Morgan fingerprint density at radius 3 is 2.36 bits per heavy atom. The molecule has 1 heterocycles. The molecule has 39 heavy (non-hydrogen) atoms. The number of nitrogens with zero attached hydrogens (tertiary/aromatic N) is 2. The number of ether oxygens (including phenoxy) is 2. The quantitative estimate of drug-likeness (QED) is 0.414. The molecule has 1 atom stereocenters. The minimum atomic E-state index is -3.44. The molecule has 1 aromatic heterocycles. The Labute approximate surface area is 235 Å². The molecular formula is C28H40N4O5S2. The van der Waals surface area contributed by atoms with Crippen molar-refractivity contribution in [1.29, 1.82) is 0 Å². The molecule has 214 valence electrons. The summed E-state index contributed by atoms with van der Waals surface area (Å²) in [6.45, 7) is 9.90. The number of hydrogen-bond donors (Lipinski definition) is 2. The van der Waals surface area contributed by atoms with E-state index in [1.165, 1.54) is 28.5 Å². The first-order valence-electron chi connectivity index (χ1n) is 13.6. The molecule has 9 nitrogen and oxygen atoms in total. The van der Waals surface area contributed by atoms with Gasteiger partial charge >= 0.3 is 6.09 Å². The predicted octanol–water partition coefficient (Wildman–Crippen LogP) is 4.76. The van der Waals surface area contributed by atoms with Gasteiger partial charge in [0, 0.05) is 13.2 Å². The average molecular weight is 577 g/mol. The van der Waals surface area contributed by atoms with E-state index in [9.17, 15) is 13.8 Å². The second kappa shape index (κ2) is 11.6. The van der Waals surface area contributed by atoms with Gasteiger partial charge in [0.2, 0.25) is 0 Å². The van der Waals surface area contributed by atoms with Crippen molar-refractivity contribution in [2.24, 2.45) is 9.50 Å². The second-order valence-electron chi connectivity index (χ2n) is 11.7. The van der Waals surface area contributed by atoms with Crippen LogP contribution in [0.25, 0.3) is 0 Å². The Balaban J connectivity index is 1.37. The molecule has 3 N–H and O–H groups in total. The Hall–Kier alpha value is -2.34. The molecule has 1 aromatic carbocycles. The van der Waals surface area contributed by atoms with Crippen LogP contribution in [0, 0.1) is 0 Å². The highest BCUT2D eigenvalue weighted by Gasteiger charge is 2.28. The van der Waals surface area contributed by atoms with Crippen LogP contribution in [-0.4, -0.2) is 39.9 Å². The number of nitrogens with two attached hydrogens (primary N) is 1. The summed E-state index contributed by atoms with van der Waals surface area (Å²) in [5.41, 5.74) is 5.02. The lowest BCUT2D eigenvalue weighted by molar-refractivity contribution is -0.117. The van der Waals surface area contributed by atoms with Crippen LogP contribution in [0.1, 0.15) is 86.7 Å². The number of fused-ring (bicyclic) bond motifs is 2. The number of alkyl carbamates (subject to hydrolysis) is 1. The molecule has 4 rings (SSSR count). The Morgan fingerprint density at radius 2 is 1.74 bits per heavy atom. The van der Waals surface area contributed by atoms with Gasteiger partial charge in [-0.15, -0.1) is 15.7 Å². The lowest BCUT2D eigenvalue weighted by atomic mass is 9.92. The SMILES string of the molecule is CC(C)(C)OC(=O)NCCCOC(C)(C)c1ncc(S(N)(=O)=NC(=O)Cc2c3c(cc4c2CCC4)CCC3)s1. The van der Waals surface area contributed by atoms with E-state index in [1.807, 2.05) is 34.6 Å². The van der Waals surface area contributed by atoms with Crippen LogP contribution in [0.4, 0.5) is 4.79 Å². The van der Waals surface area contributed by atoms with Crippen LogP contribution < -0.4 is 10.5 Å². The van der Waals surface area contributed by atoms with Gasteiger partial charge in [0.15, 0.2) is 9.92 Å². The van der Waals surface area contributed by atoms with E-state index in [0.29, 0.717) is 24.6 Å². The van der Waals surface area contributed by atoms with E-state index in [0.717, 1.165) is 55.4 Å². The monoisotopic (exact) mass is 576 g/mol. The van der Waals surface area contributed by atoms with Crippen molar-refractivity contribution in [1.82, 2.24) is 10.3 Å². The van der Waals surface area contributed by atoms with Gasteiger partial charge in [0.1, 0.15) is 20.4 Å². The van der Waals surface area contributed by atoms with Crippen LogP contribution in [0.15, 0.2) is 20.8 Å². The fraction of sp³-hybridized carbons (Fsp3) is 0.607. The number of carbonyl (C=O) groups is 2. The van der Waals surface area contributed by atoms with E-state index in [2.05, 4.69) is 20.7 Å². The second-order valence-corrected chi connectivity index (χ2v) is 14.7. The topological polar surface area (TPSA) is 133 Å². The number of aromatic nitrogens is 1. The van der Waals surface area contributed by atoms with E-state index in [4.69, 9.17) is 14.6 Å². The third kappa shape index (κ3) is 7.45. The van der Waals surface area contributed by atoms with Crippen molar-refractivity contribution in [3.8, 4) is 0 Å². The minimum absolute atomic E-state index is 0.136. The molecule has 0 bridgehead atoms. The molecule has 0 fully saturated rings. The summed E-state index contributed by atoms with van der Waals surface area (Å²) in [5, 5.41) is 9.38. The predicted molar refractivity (Wildman–Crippen MR) is 152 cm³/mol. The number of aryl methyl sites for hydroxylation is 2. The number of thiazole rings is 1. The van der Waals surface area contributed by atoms with Gasteiger partial charge < -0.3 is 14.8 Å². The first kappa shape index (κ1) is 29.6. The molecule has 2 aromatic rings. The molecule has 0 aliphatic heterocycles. The maximum Gasteiger partial charge on any atom is 0.407 e. The zero-order valence-electron chi connectivity index (χ0n) is 23.6. The van der Waals surface area contributed by atoms with E-state index in [1.54, 1.807) is 0 Å². The maximum atomic E-state index is 13.3. The summed E-state index contributed by atoms with van der Waals surface area (Å²) in [5.74, 6) is -0.458.